The van der Waals surface area contributed by atoms with E-state index in [0.29, 0.717) is 11.4 Å². The third kappa shape index (κ3) is 3.19. The highest BCUT2D eigenvalue weighted by atomic mass is 32.2. The third-order valence-electron chi connectivity index (χ3n) is 2.74. The molecule has 0 bridgehead atoms. The van der Waals surface area contributed by atoms with Crippen molar-refractivity contribution in [2.75, 3.05) is 18.2 Å². The molecular weight excluding hydrogens is 263 g/mol. The number of carbonyl (C=O) groups is 1. The zero-order chi connectivity index (χ0) is 13.2. The Morgan fingerprint density at radius 3 is 2.44 bits per heavy atom. The van der Waals surface area contributed by atoms with Gasteiger partial charge in [-0.25, -0.2) is 0 Å². The smallest absolute Gasteiger partial charge is 0.332 e. The lowest BCUT2D eigenvalue weighted by molar-refractivity contribution is -0.137. The Kier molecular flexibility index (Phi) is 3.85. The van der Waals surface area contributed by atoms with Crippen LogP contribution in [-0.2, 0) is 17.4 Å². The van der Waals surface area contributed by atoms with Gasteiger partial charge in [-0.05, 0) is 17.7 Å². The largest absolute Gasteiger partial charge is 0.416 e. The molecule has 0 aromatic heterocycles. The first-order valence-electron chi connectivity index (χ1n) is 5.48. The maximum atomic E-state index is 12.3. The molecule has 2 nitrogen and oxygen atoms in total. The fourth-order valence-electron chi connectivity index (χ4n) is 1.71. The van der Waals surface area contributed by atoms with E-state index in [2.05, 4.69) is 0 Å². The second kappa shape index (κ2) is 5.22. The summed E-state index contributed by atoms with van der Waals surface area (Å²) in [5.41, 5.74) is -0.0691. The van der Waals surface area contributed by atoms with Crippen LogP contribution in [0.4, 0.5) is 13.2 Å². The Morgan fingerprint density at radius 2 is 1.94 bits per heavy atom. The van der Waals surface area contributed by atoms with E-state index in [1.54, 1.807) is 16.7 Å². The molecule has 98 valence electrons. The van der Waals surface area contributed by atoms with Gasteiger partial charge in [0.2, 0.25) is 5.91 Å². The number of hydrogen-bond acceptors (Lipinski definition) is 2. The highest BCUT2D eigenvalue weighted by molar-refractivity contribution is 7.99. The summed E-state index contributed by atoms with van der Waals surface area (Å²) in [6.07, 6.45) is -4.16. The van der Waals surface area contributed by atoms with Gasteiger partial charge in [-0.15, -0.1) is 11.8 Å². The molecule has 0 unspecified atom stereocenters. The van der Waals surface area contributed by atoms with Crippen LogP contribution in [-0.4, -0.2) is 29.0 Å². The van der Waals surface area contributed by atoms with E-state index >= 15 is 0 Å². The Hall–Kier alpha value is -1.17. The summed E-state index contributed by atoms with van der Waals surface area (Å²) in [5.74, 6) is 1.58. The van der Waals surface area contributed by atoms with E-state index in [9.17, 15) is 18.0 Å². The summed E-state index contributed by atoms with van der Waals surface area (Å²) in [7, 11) is 0. The van der Waals surface area contributed by atoms with Crippen molar-refractivity contribution in [3.63, 3.8) is 0 Å². The Morgan fingerprint density at radius 1 is 1.28 bits per heavy atom. The maximum Gasteiger partial charge on any atom is 0.416 e. The van der Waals surface area contributed by atoms with Crippen molar-refractivity contribution < 1.29 is 18.0 Å². The van der Waals surface area contributed by atoms with Gasteiger partial charge in [-0.2, -0.15) is 13.2 Å². The minimum atomic E-state index is -4.33. The number of carbonyl (C=O) groups excluding carboxylic acids is 1. The number of hydrogen-bond donors (Lipinski definition) is 0. The van der Waals surface area contributed by atoms with E-state index < -0.39 is 11.7 Å². The fraction of sp³-hybridized carbons (Fsp3) is 0.417. The zero-order valence-corrected chi connectivity index (χ0v) is 10.4. The van der Waals surface area contributed by atoms with Crippen LogP contribution < -0.4 is 0 Å². The Bertz CT molecular complexity index is 424. The molecule has 1 aromatic carbocycles. The molecule has 1 aliphatic heterocycles. The molecule has 18 heavy (non-hydrogen) atoms. The molecule has 6 heteroatoms. The lowest BCUT2D eigenvalue weighted by Gasteiger charge is -2.14. The first kappa shape index (κ1) is 13.3. The molecule has 0 aliphatic carbocycles. The van der Waals surface area contributed by atoms with E-state index in [-0.39, 0.29) is 12.3 Å². The number of amides is 1. The molecule has 2 rings (SSSR count). The first-order chi connectivity index (χ1) is 8.47. The summed E-state index contributed by atoms with van der Waals surface area (Å²) in [6.45, 7) is 0.726. The van der Waals surface area contributed by atoms with Gasteiger partial charge in [-0.3, -0.25) is 4.79 Å². The van der Waals surface area contributed by atoms with Crippen molar-refractivity contribution in [1.82, 2.24) is 4.90 Å². The lowest BCUT2D eigenvalue weighted by atomic mass is 10.1. The van der Waals surface area contributed by atoms with Crippen LogP contribution in [0, 0.1) is 0 Å². The average molecular weight is 275 g/mol. The van der Waals surface area contributed by atoms with Gasteiger partial charge in [0.05, 0.1) is 17.9 Å². The monoisotopic (exact) mass is 275 g/mol. The molecule has 1 fully saturated rings. The SMILES string of the molecule is O=C(Cc1ccc(C(F)(F)F)cc1)N1CCSC1. The molecule has 0 atom stereocenters. The normalized spacial score (nSPS) is 16.1. The van der Waals surface area contributed by atoms with Gasteiger partial charge in [-0.1, -0.05) is 12.1 Å². The van der Waals surface area contributed by atoms with Crippen molar-refractivity contribution in [2.45, 2.75) is 12.6 Å². The molecule has 0 N–H and O–H groups in total. The highest BCUT2D eigenvalue weighted by Crippen LogP contribution is 2.29. The van der Waals surface area contributed by atoms with Crippen LogP contribution in [0.1, 0.15) is 11.1 Å². The van der Waals surface area contributed by atoms with Crippen molar-refractivity contribution in [3.05, 3.63) is 35.4 Å². The molecule has 0 spiro atoms. The molecular formula is C12H12F3NOS. The second-order valence-corrected chi connectivity index (χ2v) is 5.14. The molecule has 1 amide bonds. The van der Waals surface area contributed by atoms with Crippen LogP contribution >= 0.6 is 11.8 Å². The number of rotatable bonds is 2. The summed E-state index contributed by atoms with van der Waals surface area (Å²) in [6, 6.07) is 4.76. The minimum absolute atomic E-state index is 0.0280. The van der Waals surface area contributed by atoms with Gasteiger partial charge in [0.25, 0.3) is 0 Å². The van der Waals surface area contributed by atoms with Crippen LogP contribution in [0.3, 0.4) is 0 Å². The third-order valence-corrected chi connectivity index (χ3v) is 3.71. The van der Waals surface area contributed by atoms with Gasteiger partial charge < -0.3 is 4.90 Å². The topological polar surface area (TPSA) is 20.3 Å². The van der Waals surface area contributed by atoms with Gasteiger partial charge in [0, 0.05) is 12.3 Å². The number of thioether (sulfide) groups is 1. The van der Waals surface area contributed by atoms with Crippen molar-refractivity contribution >= 4 is 17.7 Å². The summed E-state index contributed by atoms with van der Waals surface area (Å²) in [5, 5.41) is 0. The van der Waals surface area contributed by atoms with E-state index in [0.717, 1.165) is 24.4 Å². The van der Waals surface area contributed by atoms with Crippen molar-refractivity contribution in [1.29, 1.82) is 0 Å². The molecule has 1 aliphatic rings. The van der Waals surface area contributed by atoms with E-state index in [4.69, 9.17) is 0 Å². The quantitative estimate of drug-likeness (QED) is 0.827. The molecule has 0 saturated carbocycles. The predicted octanol–water partition coefficient (Wildman–Crippen LogP) is 2.78. The molecule has 1 heterocycles. The van der Waals surface area contributed by atoms with Crippen LogP contribution in [0.15, 0.2) is 24.3 Å². The van der Waals surface area contributed by atoms with Crippen molar-refractivity contribution in [2.24, 2.45) is 0 Å². The summed E-state index contributed by atoms with van der Waals surface area (Å²) < 4.78 is 37.0. The summed E-state index contributed by atoms with van der Waals surface area (Å²) in [4.78, 5) is 13.5. The molecule has 0 radical (unpaired) electrons. The number of alkyl halides is 3. The Labute approximate surface area is 107 Å². The number of benzene rings is 1. The van der Waals surface area contributed by atoms with Gasteiger partial charge in [0.1, 0.15) is 0 Å². The molecule has 1 aromatic rings. The second-order valence-electron chi connectivity index (χ2n) is 4.07. The van der Waals surface area contributed by atoms with Crippen LogP contribution in [0.2, 0.25) is 0 Å². The van der Waals surface area contributed by atoms with Gasteiger partial charge in [0.15, 0.2) is 0 Å². The van der Waals surface area contributed by atoms with Crippen molar-refractivity contribution in [3.8, 4) is 0 Å². The average Bonchev–Trinajstić information content (AvgIpc) is 2.82. The fourth-order valence-corrected chi connectivity index (χ4v) is 2.68. The van der Waals surface area contributed by atoms with Crippen LogP contribution in [0.5, 0.6) is 0 Å². The maximum absolute atomic E-state index is 12.3. The van der Waals surface area contributed by atoms with E-state index in [1.807, 2.05) is 0 Å². The standard InChI is InChI=1S/C12H12F3NOS/c13-12(14,15)10-3-1-9(2-4-10)7-11(17)16-5-6-18-8-16/h1-4H,5-8H2. The number of nitrogens with zero attached hydrogens (tertiary/aromatic N) is 1. The minimum Gasteiger partial charge on any atom is -0.332 e. The van der Waals surface area contributed by atoms with Gasteiger partial charge >= 0.3 is 6.18 Å². The predicted molar refractivity (Wildman–Crippen MR) is 64.2 cm³/mol. The highest BCUT2D eigenvalue weighted by Gasteiger charge is 2.30. The zero-order valence-electron chi connectivity index (χ0n) is 9.54. The number of halogens is 3. The van der Waals surface area contributed by atoms with Crippen LogP contribution in [0.25, 0.3) is 0 Å². The molecule has 1 saturated heterocycles. The van der Waals surface area contributed by atoms with E-state index in [1.165, 1.54) is 12.1 Å². The Balaban J connectivity index is 2.00. The lowest BCUT2D eigenvalue weighted by Crippen LogP contribution is -2.29. The summed E-state index contributed by atoms with van der Waals surface area (Å²) >= 11 is 1.68. The first-order valence-corrected chi connectivity index (χ1v) is 6.64.